The van der Waals surface area contributed by atoms with Crippen molar-refractivity contribution in [2.24, 2.45) is 0 Å². The summed E-state index contributed by atoms with van der Waals surface area (Å²) in [6, 6.07) is 4.44. The number of esters is 1. The van der Waals surface area contributed by atoms with Crippen LogP contribution in [0.3, 0.4) is 0 Å². The molecule has 0 saturated heterocycles. The van der Waals surface area contributed by atoms with E-state index in [1.807, 2.05) is 0 Å². The quantitative estimate of drug-likeness (QED) is 0.402. The number of carbonyl (C=O) groups is 2. The standard InChI is InChI=1S/C16H11F4NO3/c1-7-3-4-8(16(23)24-2)5-11(7)21-15(22)9-6-10(17)13(19)14(20)12(9)18/h3-6H,1-2H3,(H,21,22). The Balaban J connectivity index is 2.39. The first kappa shape index (κ1) is 17.5. The summed E-state index contributed by atoms with van der Waals surface area (Å²) in [7, 11) is 1.17. The minimum absolute atomic E-state index is 0.104. The molecule has 126 valence electrons. The number of hydrogen-bond donors (Lipinski definition) is 1. The Morgan fingerprint density at radius 3 is 2.29 bits per heavy atom. The number of nitrogens with one attached hydrogen (secondary N) is 1. The molecule has 0 radical (unpaired) electrons. The van der Waals surface area contributed by atoms with Crippen LogP contribution >= 0.6 is 0 Å². The number of ether oxygens (including phenoxy) is 1. The average Bonchev–Trinajstić information content (AvgIpc) is 2.57. The molecule has 0 saturated carbocycles. The largest absolute Gasteiger partial charge is 0.465 e. The molecule has 0 aliphatic rings. The Morgan fingerprint density at radius 1 is 1.00 bits per heavy atom. The first-order valence-corrected chi connectivity index (χ1v) is 6.59. The maximum absolute atomic E-state index is 13.6. The Kier molecular flexibility index (Phi) is 4.87. The zero-order valence-corrected chi connectivity index (χ0v) is 12.5. The van der Waals surface area contributed by atoms with Gasteiger partial charge in [-0.25, -0.2) is 22.4 Å². The van der Waals surface area contributed by atoms with Crippen LogP contribution in [0.15, 0.2) is 24.3 Å². The monoisotopic (exact) mass is 341 g/mol. The third-order valence-electron chi connectivity index (χ3n) is 3.25. The molecule has 8 heteroatoms. The number of rotatable bonds is 3. The number of methoxy groups -OCH3 is 1. The van der Waals surface area contributed by atoms with Crippen LogP contribution in [-0.2, 0) is 4.74 Å². The van der Waals surface area contributed by atoms with E-state index in [4.69, 9.17) is 0 Å². The molecule has 0 spiro atoms. The molecule has 1 N–H and O–H groups in total. The summed E-state index contributed by atoms with van der Waals surface area (Å²) in [4.78, 5) is 23.5. The van der Waals surface area contributed by atoms with Gasteiger partial charge in [-0.2, -0.15) is 0 Å². The number of hydrogen-bond acceptors (Lipinski definition) is 3. The van der Waals surface area contributed by atoms with Crippen LogP contribution in [0.2, 0.25) is 0 Å². The van der Waals surface area contributed by atoms with E-state index in [2.05, 4.69) is 10.1 Å². The Morgan fingerprint density at radius 2 is 1.67 bits per heavy atom. The summed E-state index contributed by atoms with van der Waals surface area (Å²) in [6.45, 7) is 1.58. The van der Waals surface area contributed by atoms with E-state index in [1.165, 1.54) is 25.3 Å². The summed E-state index contributed by atoms with van der Waals surface area (Å²) < 4.78 is 57.5. The molecule has 0 aliphatic heterocycles. The lowest BCUT2D eigenvalue weighted by atomic mass is 10.1. The summed E-state index contributed by atoms with van der Waals surface area (Å²) in [6.07, 6.45) is 0. The third-order valence-corrected chi connectivity index (χ3v) is 3.25. The Labute approximate surface area is 134 Å². The fourth-order valence-electron chi connectivity index (χ4n) is 1.93. The van der Waals surface area contributed by atoms with Crippen molar-refractivity contribution in [2.75, 3.05) is 12.4 Å². The van der Waals surface area contributed by atoms with Gasteiger partial charge in [0.2, 0.25) is 0 Å². The molecule has 2 aromatic carbocycles. The Bertz CT molecular complexity index is 837. The zero-order chi connectivity index (χ0) is 18.0. The molecule has 0 bridgehead atoms. The molecule has 4 nitrogen and oxygen atoms in total. The van der Waals surface area contributed by atoms with E-state index in [9.17, 15) is 27.2 Å². The molecule has 0 heterocycles. The molecule has 0 aromatic heterocycles. The van der Waals surface area contributed by atoms with Gasteiger partial charge < -0.3 is 10.1 Å². The Hall–Kier alpha value is -2.90. The molecule has 2 aromatic rings. The van der Waals surface area contributed by atoms with Gasteiger partial charge in [-0.05, 0) is 30.7 Å². The van der Waals surface area contributed by atoms with Gasteiger partial charge in [0.1, 0.15) is 0 Å². The van der Waals surface area contributed by atoms with Crippen molar-refractivity contribution in [1.82, 2.24) is 0 Å². The molecule has 0 atom stereocenters. The van der Waals surface area contributed by atoms with Crippen molar-refractivity contribution in [3.05, 3.63) is 64.2 Å². The summed E-state index contributed by atoms with van der Waals surface area (Å²) in [5, 5.41) is 2.22. The highest BCUT2D eigenvalue weighted by atomic mass is 19.2. The predicted octanol–water partition coefficient (Wildman–Crippen LogP) is 3.59. The number of carbonyl (C=O) groups excluding carboxylic acids is 2. The number of amides is 1. The van der Waals surface area contributed by atoms with Crippen LogP contribution in [-0.4, -0.2) is 19.0 Å². The van der Waals surface area contributed by atoms with Gasteiger partial charge in [0, 0.05) is 5.69 Å². The second-order valence-electron chi connectivity index (χ2n) is 4.82. The predicted molar refractivity (Wildman–Crippen MR) is 76.7 cm³/mol. The van der Waals surface area contributed by atoms with Crippen molar-refractivity contribution >= 4 is 17.6 Å². The van der Waals surface area contributed by atoms with Crippen molar-refractivity contribution < 1.29 is 31.9 Å². The summed E-state index contributed by atoms with van der Waals surface area (Å²) in [5.41, 5.74) is -0.295. The second-order valence-corrected chi connectivity index (χ2v) is 4.82. The topological polar surface area (TPSA) is 55.4 Å². The second kappa shape index (κ2) is 6.69. The zero-order valence-electron chi connectivity index (χ0n) is 12.5. The van der Waals surface area contributed by atoms with Gasteiger partial charge in [-0.1, -0.05) is 6.07 Å². The number of aryl methyl sites for hydroxylation is 1. The van der Waals surface area contributed by atoms with Crippen molar-refractivity contribution in [3.8, 4) is 0 Å². The van der Waals surface area contributed by atoms with Crippen LogP contribution in [0.1, 0.15) is 26.3 Å². The summed E-state index contributed by atoms with van der Waals surface area (Å²) >= 11 is 0. The maximum Gasteiger partial charge on any atom is 0.337 e. The van der Waals surface area contributed by atoms with Crippen LogP contribution in [0.4, 0.5) is 23.2 Å². The van der Waals surface area contributed by atoms with Gasteiger partial charge in [-0.3, -0.25) is 4.79 Å². The minimum Gasteiger partial charge on any atom is -0.465 e. The maximum atomic E-state index is 13.6. The highest BCUT2D eigenvalue weighted by Gasteiger charge is 2.23. The lowest BCUT2D eigenvalue weighted by Gasteiger charge is -2.11. The lowest BCUT2D eigenvalue weighted by molar-refractivity contribution is 0.0600. The number of halogens is 4. The first-order valence-electron chi connectivity index (χ1n) is 6.59. The highest BCUT2D eigenvalue weighted by Crippen LogP contribution is 2.22. The van der Waals surface area contributed by atoms with Crippen LogP contribution < -0.4 is 5.32 Å². The molecule has 1 amide bonds. The van der Waals surface area contributed by atoms with Crippen LogP contribution in [0, 0.1) is 30.2 Å². The highest BCUT2D eigenvalue weighted by molar-refractivity contribution is 6.05. The van der Waals surface area contributed by atoms with Gasteiger partial charge in [0.15, 0.2) is 23.3 Å². The first-order chi connectivity index (χ1) is 11.3. The third kappa shape index (κ3) is 3.22. The van der Waals surface area contributed by atoms with Crippen molar-refractivity contribution in [1.29, 1.82) is 0 Å². The van der Waals surface area contributed by atoms with E-state index in [-0.39, 0.29) is 17.3 Å². The minimum atomic E-state index is -2.08. The van der Waals surface area contributed by atoms with E-state index in [0.29, 0.717) is 5.56 Å². The fourth-order valence-corrected chi connectivity index (χ4v) is 1.93. The van der Waals surface area contributed by atoms with Gasteiger partial charge >= 0.3 is 5.97 Å². The molecule has 2 rings (SSSR count). The lowest BCUT2D eigenvalue weighted by Crippen LogP contribution is -2.17. The molecular formula is C16H11F4NO3. The SMILES string of the molecule is COC(=O)c1ccc(C)c(NC(=O)c2cc(F)c(F)c(F)c2F)c1. The fraction of sp³-hybridized carbons (Fsp3) is 0.125. The normalized spacial score (nSPS) is 10.4. The van der Waals surface area contributed by atoms with E-state index < -0.39 is 40.7 Å². The van der Waals surface area contributed by atoms with Gasteiger partial charge in [-0.15, -0.1) is 0 Å². The number of benzene rings is 2. The molecular weight excluding hydrogens is 330 g/mol. The average molecular weight is 341 g/mol. The van der Waals surface area contributed by atoms with Crippen LogP contribution in [0.5, 0.6) is 0 Å². The molecule has 0 fully saturated rings. The van der Waals surface area contributed by atoms with Crippen molar-refractivity contribution in [2.45, 2.75) is 6.92 Å². The van der Waals surface area contributed by atoms with Gasteiger partial charge in [0.05, 0.1) is 18.2 Å². The van der Waals surface area contributed by atoms with Crippen molar-refractivity contribution in [3.63, 3.8) is 0 Å². The van der Waals surface area contributed by atoms with E-state index in [1.54, 1.807) is 6.92 Å². The summed E-state index contributed by atoms with van der Waals surface area (Å²) in [5.74, 6) is -9.47. The molecule has 0 aliphatic carbocycles. The smallest absolute Gasteiger partial charge is 0.337 e. The van der Waals surface area contributed by atoms with E-state index >= 15 is 0 Å². The van der Waals surface area contributed by atoms with Gasteiger partial charge in [0.25, 0.3) is 5.91 Å². The van der Waals surface area contributed by atoms with E-state index in [0.717, 1.165) is 0 Å². The number of anilines is 1. The molecule has 0 unspecified atom stereocenters. The van der Waals surface area contributed by atoms with Crippen LogP contribution in [0.25, 0.3) is 0 Å². The molecule has 24 heavy (non-hydrogen) atoms.